The molecule has 0 atom stereocenters. The summed E-state index contributed by atoms with van der Waals surface area (Å²) in [6.07, 6.45) is 1.10. The lowest BCUT2D eigenvalue weighted by Crippen LogP contribution is -2.32. The van der Waals surface area contributed by atoms with Crippen LogP contribution in [0.1, 0.15) is 35.2 Å². The third-order valence-corrected chi connectivity index (χ3v) is 4.71. The first-order valence-electron chi connectivity index (χ1n) is 9.59. The van der Waals surface area contributed by atoms with Crippen LogP contribution >= 0.6 is 0 Å². The molecular formula is C22H23N3O4. The molecule has 29 heavy (non-hydrogen) atoms. The Hall–Kier alpha value is -3.48. The summed E-state index contributed by atoms with van der Waals surface area (Å²) in [5.74, 6) is -1.13. The van der Waals surface area contributed by atoms with E-state index in [1.165, 1.54) is 0 Å². The molecule has 0 saturated carbocycles. The minimum absolute atomic E-state index is 0.0125. The van der Waals surface area contributed by atoms with Crippen LogP contribution in [0.4, 0.5) is 5.69 Å². The van der Waals surface area contributed by atoms with Crippen LogP contribution in [0.15, 0.2) is 54.6 Å². The molecule has 2 N–H and O–H groups in total. The van der Waals surface area contributed by atoms with Crippen LogP contribution in [-0.4, -0.2) is 41.6 Å². The van der Waals surface area contributed by atoms with Crippen molar-refractivity contribution in [3.05, 3.63) is 65.7 Å². The minimum atomic E-state index is -0.359. The lowest BCUT2D eigenvalue weighted by atomic mass is 10.1. The Bertz CT molecular complexity index is 895. The highest BCUT2D eigenvalue weighted by Gasteiger charge is 2.28. The Morgan fingerprint density at radius 2 is 1.55 bits per heavy atom. The number of carbonyl (C=O) groups is 4. The van der Waals surface area contributed by atoms with Crippen molar-refractivity contribution < 1.29 is 19.2 Å². The third-order valence-electron chi connectivity index (χ3n) is 4.71. The Morgan fingerprint density at radius 3 is 2.28 bits per heavy atom. The van der Waals surface area contributed by atoms with Crippen molar-refractivity contribution in [3.63, 3.8) is 0 Å². The topological polar surface area (TPSA) is 95.6 Å². The Labute approximate surface area is 169 Å². The summed E-state index contributed by atoms with van der Waals surface area (Å²) < 4.78 is 0. The molecule has 0 radical (unpaired) electrons. The molecule has 1 saturated heterocycles. The van der Waals surface area contributed by atoms with Gasteiger partial charge in [0.1, 0.15) is 0 Å². The molecule has 150 valence electrons. The van der Waals surface area contributed by atoms with Crippen molar-refractivity contribution in [3.8, 4) is 0 Å². The highest BCUT2D eigenvalue weighted by atomic mass is 16.2. The first-order valence-corrected chi connectivity index (χ1v) is 9.59. The van der Waals surface area contributed by atoms with E-state index in [4.69, 9.17) is 0 Å². The van der Waals surface area contributed by atoms with Crippen molar-refractivity contribution in [2.75, 3.05) is 18.4 Å². The second-order valence-electron chi connectivity index (χ2n) is 6.77. The van der Waals surface area contributed by atoms with Gasteiger partial charge in [-0.3, -0.25) is 24.1 Å². The summed E-state index contributed by atoms with van der Waals surface area (Å²) in [6, 6.07) is 16.6. The summed E-state index contributed by atoms with van der Waals surface area (Å²) in [5, 5.41) is 5.57. The van der Waals surface area contributed by atoms with Gasteiger partial charge in [-0.1, -0.05) is 42.5 Å². The van der Waals surface area contributed by atoms with E-state index in [-0.39, 0.29) is 49.4 Å². The number of carbonyl (C=O) groups excluding carboxylic acids is 4. The van der Waals surface area contributed by atoms with Crippen LogP contribution in [0, 0.1) is 0 Å². The van der Waals surface area contributed by atoms with Crippen molar-refractivity contribution in [2.24, 2.45) is 0 Å². The molecule has 7 nitrogen and oxygen atoms in total. The van der Waals surface area contributed by atoms with Gasteiger partial charge in [0, 0.05) is 32.4 Å². The van der Waals surface area contributed by atoms with Gasteiger partial charge in [-0.05, 0) is 24.1 Å². The zero-order valence-electron chi connectivity index (χ0n) is 16.0. The van der Waals surface area contributed by atoms with Crippen LogP contribution in [0.3, 0.4) is 0 Å². The van der Waals surface area contributed by atoms with Gasteiger partial charge in [0.05, 0.1) is 11.3 Å². The SMILES string of the molecule is O=C(CCN1C(=O)CCC1=O)Nc1ccccc1C(=O)NCCc1ccccc1. The predicted octanol–water partition coefficient (Wildman–Crippen LogP) is 2.14. The third kappa shape index (κ3) is 5.51. The minimum Gasteiger partial charge on any atom is -0.352 e. The number of amides is 4. The fourth-order valence-electron chi connectivity index (χ4n) is 3.15. The number of hydrogen-bond donors (Lipinski definition) is 2. The average molecular weight is 393 g/mol. The van der Waals surface area contributed by atoms with E-state index in [0.717, 1.165) is 10.5 Å². The summed E-state index contributed by atoms with van der Waals surface area (Å²) >= 11 is 0. The van der Waals surface area contributed by atoms with E-state index in [1.807, 2.05) is 30.3 Å². The summed E-state index contributed by atoms with van der Waals surface area (Å²) in [5.41, 5.74) is 1.89. The fraction of sp³-hybridized carbons (Fsp3) is 0.273. The lowest BCUT2D eigenvalue weighted by molar-refractivity contribution is -0.138. The molecule has 0 aromatic heterocycles. The monoisotopic (exact) mass is 393 g/mol. The molecule has 4 amide bonds. The summed E-state index contributed by atoms with van der Waals surface area (Å²) in [7, 11) is 0. The van der Waals surface area contributed by atoms with E-state index < -0.39 is 0 Å². The Balaban J connectivity index is 1.53. The van der Waals surface area contributed by atoms with Gasteiger partial charge in [-0.25, -0.2) is 0 Å². The van der Waals surface area contributed by atoms with Crippen molar-refractivity contribution in [1.29, 1.82) is 0 Å². The molecule has 2 aromatic rings. The molecule has 2 aromatic carbocycles. The van der Waals surface area contributed by atoms with Crippen LogP contribution in [0.25, 0.3) is 0 Å². The van der Waals surface area contributed by atoms with E-state index in [0.29, 0.717) is 24.2 Å². The molecule has 7 heteroatoms. The van der Waals surface area contributed by atoms with Crippen LogP contribution in [0.5, 0.6) is 0 Å². The second-order valence-corrected chi connectivity index (χ2v) is 6.77. The highest BCUT2D eigenvalue weighted by Crippen LogP contribution is 2.16. The van der Waals surface area contributed by atoms with Crippen LogP contribution in [-0.2, 0) is 20.8 Å². The molecule has 0 bridgehead atoms. The Kier molecular flexibility index (Phi) is 6.73. The fourth-order valence-corrected chi connectivity index (χ4v) is 3.15. The standard InChI is InChI=1S/C22H23N3O4/c26-19(13-15-25-20(27)10-11-21(25)28)24-18-9-5-4-8-17(18)22(29)23-14-12-16-6-2-1-3-7-16/h1-9H,10-15H2,(H,23,29)(H,24,26). The average Bonchev–Trinajstić information content (AvgIpc) is 3.05. The number of hydrogen-bond acceptors (Lipinski definition) is 4. The normalized spacial score (nSPS) is 13.4. The molecular weight excluding hydrogens is 370 g/mol. The number of para-hydroxylation sites is 1. The van der Waals surface area contributed by atoms with Crippen LogP contribution in [0.2, 0.25) is 0 Å². The number of likely N-dealkylation sites (tertiary alicyclic amines) is 1. The molecule has 1 aliphatic rings. The summed E-state index contributed by atoms with van der Waals surface area (Å²) in [6.45, 7) is 0.527. The molecule has 1 fully saturated rings. The molecule has 0 aliphatic carbocycles. The lowest BCUT2D eigenvalue weighted by Gasteiger charge is -2.14. The van der Waals surface area contributed by atoms with Gasteiger partial charge in [0.2, 0.25) is 17.7 Å². The van der Waals surface area contributed by atoms with Crippen molar-refractivity contribution >= 4 is 29.3 Å². The van der Waals surface area contributed by atoms with Gasteiger partial charge in [-0.2, -0.15) is 0 Å². The molecule has 0 unspecified atom stereocenters. The zero-order valence-corrected chi connectivity index (χ0v) is 16.0. The smallest absolute Gasteiger partial charge is 0.253 e. The van der Waals surface area contributed by atoms with Gasteiger partial charge in [-0.15, -0.1) is 0 Å². The molecule has 1 heterocycles. The van der Waals surface area contributed by atoms with E-state index in [9.17, 15) is 19.2 Å². The molecule has 0 spiro atoms. The predicted molar refractivity (Wildman–Crippen MR) is 108 cm³/mol. The molecule has 3 rings (SSSR count). The highest BCUT2D eigenvalue weighted by molar-refractivity contribution is 6.04. The number of rotatable bonds is 8. The first-order chi connectivity index (χ1) is 14.0. The number of imide groups is 1. The number of benzene rings is 2. The van der Waals surface area contributed by atoms with Gasteiger partial charge in [0.15, 0.2) is 0 Å². The van der Waals surface area contributed by atoms with E-state index in [2.05, 4.69) is 10.6 Å². The number of anilines is 1. The van der Waals surface area contributed by atoms with Gasteiger partial charge in [0.25, 0.3) is 5.91 Å². The van der Waals surface area contributed by atoms with Gasteiger partial charge < -0.3 is 10.6 Å². The van der Waals surface area contributed by atoms with Crippen LogP contribution < -0.4 is 10.6 Å². The Morgan fingerprint density at radius 1 is 0.897 bits per heavy atom. The summed E-state index contributed by atoms with van der Waals surface area (Å²) in [4.78, 5) is 49.2. The van der Waals surface area contributed by atoms with Crippen molar-refractivity contribution in [1.82, 2.24) is 10.2 Å². The quantitative estimate of drug-likeness (QED) is 0.672. The maximum atomic E-state index is 12.5. The largest absolute Gasteiger partial charge is 0.352 e. The van der Waals surface area contributed by atoms with Crippen molar-refractivity contribution in [2.45, 2.75) is 25.7 Å². The van der Waals surface area contributed by atoms with E-state index in [1.54, 1.807) is 24.3 Å². The molecule has 1 aliphatic heterocycles. The number of nitrogens with one attached hydrogen (secondary N) is 2. The van der Waals surface area contributed by atoms with E-state index >= 15 is 0 Å². The maximum Gasteiger partial charge on any atom is 0.253 e. The maximum absolute atomic E-state index is 12.5. The first kappa shape index (κ1) is 20.3. The second kappa shape index (κ2) is 9.64. The zero-order chi connectivity index (χ0) is 20.6. The van der Waals surface area contributed by atoms with Gasteiger partial charge >= 0.3 is 0 Å². The number of nitrogens with zero attached hydrogens (tertiary/aromatic N) is 1.